The van der Waals surface area contributed by atoms with Gasteiger partial charge in [-0.05, 0) is 61.4 Å². The van der Waals surface area contributed by atoms with E-state index in [0.717, 1.165) is 22.6 Å². The molecule has 30 heavy (non-hydrogen) atoms. The second-order valence-electron chi connectivity index (χ2n) is 6.80. The van der Waals surface area contributed by atoms with E-state index in [4.69, 9.17) is 9.47 Å². The molecule has 0 aliphatic heterocycles. The minimum atomic E-state index is -0.735. The van der Waals surface area contributed by atoms with Crippen molar-refractivity contribution in [2.45, 2.75) is 19.4 Å². The molecule has 0 radical (unpaired) electrons. The first kappa shape index (κ1) is 21.1. The highest BCUT2D eigenvalue weighted by atomic mass is 16.5. The summed E-state index contributed by atoms with van der Waals surface area (Å²) in [5.41, 5.74) is 2.16. The van der Waals surface area contributed by atoms with E-state index in [1.54, 1.807) is 27.2 Å². The maximum absolute atomic E-state index is 12.6. The van der Waals surface area contributed by atoms with E-state index in [0.29, 0.717) is 18.7 Å². The van der Waals surface area contributed by atoms with E-state index in [1.165, 1.54) is 10.7 Å². The molecule has 0 aliphatic rings. The Morgan fingerprint density at radius 3 is 2.47 bits per heavy atom. The van der Waals surface area contributed by atoms with Crippen LogP contribution in [0.1, 0.15) is 18.5 Å². The third kappa shape index (κ3) is 5.05. The SMILES string of the molecule is COc1ccc(-c2ccc(=O)n(C(C)C(=O)NCCc3cccc(OC)c3)n2)cc1. The van der Waals surface area contributed by atoms with Crippen LogP contribution in [0.3, 0.4) is 0 Å². The lowest BCUT2D eigenvalue weighted by Gasteiger charge is -2.15. The van der Waals surface area contributed by atoms with Gasteiger partial charge in [0.1, 0.15) is 17.5 Å². The summed E-state index contributed by atoms with van der Waals surface area (Å²) in [6.07, 6.45) is 0.657. The van der Waals surface area contributed by atoms with E-state index < -0.39 is 6.04 Å². The van der Waals surface area contributed by atoms with Crippen molar-refractivity contribution < 1.29 is 14.3 Å². The van der Waals surface area contributed by atoms with Crippen molar-refractivity contribution in [3.05, 3.63) is 76.6 Å². The molecule has 2 aromatic carbocycles. The molecule has 1 unspecified atom stereocenters. The van der Waals surface area contributed by atoms with Crippen LogP contribution in [-0.2, 0) is 11.2 Å². The van der Waals surface area contributed by atoms with Crippen LogP contribution in [0.4, 0.5) is 0 Å². The van der Waals surface area contributed by atoms with Crippen LogP contribution >= 0.6 is 0 Å². The highest BCUT2D eigenvalue weighted by Crippen LogP contribution is 2.20. The lowest BCUT2D eigenvalue weighted by molar-refractivity contribution is -0.124. The number of methoxy groups -OCH3 is 2. The van der Waals surface area contributed by atoms with Gasteiger partial charge in [0.05, 0.1) is 19.9 Å². The molecule has 3 aromatic rings. The summed E-state index contributed by atoms with van der Waals surface area (Å²) in [5, 5.41) is 7.27. The molecule has 0 fully saturated rings. The minimum Gasteiger partial charge on any atom is -0.497 e. The number of nitrogens with one attached hydrogen (secondary N) is 1. The lowest BCUT2D eigenvalue weighted by Crippen LogP contribution is -2.37. The van der Waals surface area contributed by atoms with Crippen molar-refractivity contribution in [3.63, 3.8) is 0 Å². The van der Waals surface area contributed by atoms with Gasteiger partial charge in [-0.25, -0.2) is 4.68 Å². The van der Waals surface area contributed by atoms with Crippen molar-refractivity contribution in [2.75, 3.05) is 20.8 Å². The predicted octanol–water partition coefficient (Wildman–Crippen LogP) is 2.85. The Kier molecular flexibility index (Phi) is 6.85. The largest absolute Gasteiger partial charge is 0.497 e. The molecule has 0 bridgehead atoms. The fourth-order valence-corrected chi connectivity index (χ4v) is 3.04. The summed E-state index contributed by atoms with van der Waals surface area (Å²) < 4.78 is 11.6. The minimum absolute atomic E-state index is 0.264. The van der Waals surface area contributed by atoms with Gasteiger partial charge in [-0.3, -0.25) is 9.59 Å². The number of ether oxygens (including phenoxy) is 2. The molecule has 0 saturated heterocycles. The molecule has 7 nitrogen and oxygen atoms in total. The highest BCUT2D eigenvalue weighted by molar-refractivity contribution is 5.79. The van der Waals surface area contributed by atoms with Gasteiger partial charge in [0.25, 0.3) is 5.56 Å². The number of carbonyl (C=O) groups is 1. The van der Waals surface area contributed by atoms with Gasteiger partial charge < -0.3 is 14.8 Å². The van der Waals surface area contributed by atoms with Crippen LogP contribution in [0.2, 0.25) is 0 Å². The molecule has 1 heterocycles. The maximum atomic E-state index is 12.6. The molecule has 7 heteroatoms. The summed E-state index contributed by atoms with van der Waals surface area (Å²) in [6.45, 7) is 2.11. The standard InChI is InChI=1S/C23H25N3O4/c1-16(23(28)24-14-13-17-5-4-6-20(15-17)30-3)26-22(27)12-11-21(25-26)18-7-9-19(29-2)10-8-18/h4-12,15-16H,13-14H2,1-3H3,(H,24,28). The third-order valence-corrected chi connectivity index (χ3v) is 4.80. The van der Waals surface area contributed by atoms with Crippen molar-refractivity contribution >= 4 is 5.91 Å². The second kappa shape index (κ2) is 9.73. The first-order chi connectivity index (χ1) is 14.5. The van der Waals surface area contributed by atoms with Gasteiger partial charge in [-0.2, -0.15) is 5.10 Å². The van der Waals surface area contributed by atoms with E-state index >= 15 is 0 Å². The van der Waals surface area contributed by atoms with Gasteiger partial charge in [0, 0.05) is 18.2 Å². The molecule has 1 amide bonds. The molecular formula is C23H25N3O4. The fraction of sp³-hybridized carbons (Fsp3) is 0.261. The molecule has 0 aliphatic carbocycles. The molecule has 0 saturated carbocycles. The summed E-state index contributed by atoms with van der Waals surface area (Å²) in [5.74, 6) is 1.24. The van der Waals surface area contributed by atoms with E-state index in [-0.39, 0.29) is 11.5 Å². The van der Waals surface area contributed by atoms with E-state index in [2.05, 4.69) is 10.4 Å². The Labute approximate surface area is 175 Å². The van der Waals surface area contributed by atoms with Crippen molar-refractivity contribution in [3.8, 4) is 22.8 Å². The molecular weight excluding hydrogens is 382 g/mol. The number of hydrogen-bond donors (Lipinski definition) is 1. The summed E-state index contributed by atoms with van der Waals surface area (Å²) in [6, 6.07) is 17.4. The number of carbonyl (C=O) groups excluding carboxylic acids is 1. The van der Waals surface area contributed by atoms with Gasteiger partial charge in [-0.1, -0.05) is 12.1 Å². The maximum Gasteiger partial charge on any atom is 0.267 e. The number of rotatable bonds is 8. The Bertz CT molecular complexity index is 1060. The number of hydrogen-bond acceptors (Lipinski definition) is 5. The zero-order valence-electron chi connectivity index (χ0n) is 17.3. The third-order valence-electron chi connectivity index (χ3n) is 4.80. The van der Waals surface area contributed by atoms with Crippen LogP contribution in [0.25, 0.3) is 11.3 Å². The van der Waals surface area contributed by atoms with Gasteiger partial charge >= 0.3 is 0 Å². The highest BCUT2D eigenvalue weighted by Gasteiger charge is 2.17. The van der Waals surface area contributed by atoms with Crippen LogP contribution in [0, 0.1) is 0 Å². The zero-order chi connectivity index (χ0) is 21.5. The van der Waals surface area contributed by atoms with Crippen molar-refractivity contribution in [1.82, 2.24) is 15.1 Å². The van der Waals surface area contributed by atoms with Gasteiger partial charge in [0.15, 0.2) is 0 Å². The summed E-state index contributed by atoms with van der Waals surface area (Å²) in [4.78, 5) is 24.9. The van der Waals surface area contributed by atoms with Crippen molar-refractivity contribution in [2.24, 2.45) is 0 Å². The Morgan fingerprint density at radius 1 is 1.03 bits per heavy atom. The molecule has 156 valence electrons. The van der Waals surface area contributed by atoms with E-state index in [9.17, 15) is 9.59 Å². The molecule has 3 rings (SSSR count). The summed E-state index contributed by atoms with van der Waals surface area (Å²) in [7, 11) is 3.22. The number of aromatic nitrogens is 2. The van der Waals surface area contributed by atoms with Gasteiger partial charge in [-0.15, -0.1) is 0 Å². The van der Waals surface area contributed by atoms with Crippen LogP contribution < -0.4 is 20.3 Å². The van der Waals surface area contributed by atoms with Crippen LogP contribution in [0.15, 0.2) is 65.5 Å². The number of nitrogens with zero attached hydrogens (tertiary/aromatic N) is 2. The summed E-state index contributed by atoms with van der Waals surface area (Å²) >= 11 is 0. The molecule has 0 spiro atoms. The normalized spacial score (nSPS) is 11.6. The predicted molar refractivity (Wildman–Crippen MR) is 115 cm³/mol. The van der Waals surface area contributed by atoms with Crippen LogP contribution in [-0.4, -0.2) is 36.5 Å². The average molecular weight is 407 g/mol. The average Bonchev–Trinajstić information content (AvgIpc) is 2.79. The lowest BCUT2D eigenvalue weighted by atomic mass is 10.1. The Balaban J connectivity index is 1.68. The van der Waals surface area contributed by atoms with Gasteiger partial charge in [0.2, 0.25) is 5.91 Å². The van der Waals surface area contributed by atoms with Crippen molar-refractivity contribution in [1.29, 1.82) is 0 Å². The topological polar surface area (TPSA) is 82.5 Å². The second-order valence-corrected chi connectivity index (χ2v) is 6.80. The number of amides is 1. The quantitative estimate of drug-likeness (QED) is 0.621. The Hall–Kier alpha value is -3.61. The molecule has 1 aromatic heterocycles. The molecule has 1 N–H and O–H groups in total. The first-order valence-electron chi connectivity index (χ1n) is 9.66. The van der Waals surface area contributed by atoms with Crippen LogP contribution in [0.5, 0.6) is 11.5 Å². The monoisotopic (exact) mass is 407 g/mol. The fourth-order valence-electron chi connectivity index (χ4n) is 3.04. The zero-order valence-corrected chi connectivity index (χ0v) is 17.3. The molecule has 1 atom stereocenters. The smallest absolute Gasteiger partial charge is 0.267 e. The Morgan fingerprint density at radius 2 is 1.77 bits per heavy atom. The first-order valence-corrected chi connectivity index (χ1v) is 9.66. The van der Waals surface area contributed by atoms with E-state index in [1.807, 2.05) is 48.5 Å². The number of benzene rings is 2.